The molecule has 0 saturated carbocycles. The second-order valence-electron chi connectivity index (χ2n) is 4.62. The third-order valence-corrected chi connectivity index (χ3v) is 3.92. The molecule has 1 unspecified atom stereocenters. The standard InChI is InChI=1S/C14H20BrN/c1-2-11-9-13(15)7-6-12(11)10-14-5-3-4-8-16-14/h6-7,9,14,16H,2-5,8,10H2,1H3. The topological polar surface area (TPSA) is 12.0 Å². The lowest BCUT2D eigenvalue weighted by Crippen LogP contribution is -2.35. The van der Waals surface area contributed by atoms with Crippen LogP contribution in [0.2, 0.25) is 0 Å². The van der Waals surface area contributed by atoms with Gasteiger partial charge in [-0.05, 0) is 55.5 Å². The zero-order valence-electron chi connectivity index (χ0n) is 9.93. The minimum Gasteiger partial charge on any atom is -0.314 e. The highest BCUT2D eigenvalue weighted by Crippen LogP contribution is 2.20. The van der Waals surface area contributed by atoms with Crippen LogP contribution in [0.5, 0.6) is 0 Å². The second kappa shape index (κ2) is 5.83. The van der Waals surface area contributed by atoms with Crippen molar-refractivity contribution in [1.82, 2.24) is 5.32 Å². The van der Waals surface area contributed by atoms with Gasteiger partial charge in [0.15, 0.2) is 0 Å². The molecule has 1 aliphatic rings. The molecule has 0 aliphatic carbocycles. The highest BCUT2D eigenvalue weighted by Gasteiger charge is 2.14. The van der Waals surface area contributed by atoms with Gasteiger partial charge in [0.05, 0.1) is 0 Å². The van der Waals surface area contributed by atoms with E-state index in [4.69, 9.17) is 0 Å². The van der Waals surface area contributed by atoms with Crippen LogP contribution in [-0.4, -0.2) is 12.6 Å². The van der Waals surface area contributed by atoms with Crippen molar-refractivity contribution in [3.63, 3.8) is 0 Å². The Labute approximate surface area is 107 Å². The quantitative estimate of drug-likeness (QED) is 0.891. The predicted octanol–water partition coefficient (Wildman–Crippen LogP) is 3.70. The molecule has 1 N–H and O–H groups in total. The molecule has 2 heteroatoms. The first-order valence-electron chi connectivity index (χ1n) is 6.30. The monoisotopic (exact) mass is 281 g/mol. The van der Waals surface area contributed by atoms with E-state index in [9.17, 15) is 0 Å². The fraction of sp³-hybridized carbons (Fsp3) is 0.571. The Bertz CT molecular complexity index is 343. The summed E-state index contributed by atoms with van der Waals surface area (Å²) in [7, 11) is 0. The third-order valence-electron chi connectivity index (χ3n) is 3.43. The van der Waals surface area contributed by atoms with Gasteiger partial charge in [0.25, 0.3) is 0 Å². The van der Waals surface area contributed by atoms with E-state index in [2.05, 4.69) is 46.4 Å². The van der Waals surface area contributed by atoms with Crippen LogP contribution >= 0.6 is 15.9 Å². The van der Waals surface area contributed by atoms with Crippen molar-refractivity contribution in [2.75, 3.05) is 6.54 Å². The van der Waals surface area contributed by atoms with Crippen LogP contribution in [0, 0.1) is 0 Å². The van der Waals surface area contributed by atoms with E-state index in [1.165, 1.54) is 47.8 Å². The van der Waals surface area contributed by atoms with Gasteiger partial charge in [0.1, 0.15) is 0 Å². The maximum absolute atomic E-state index is 3.62. The van der Waals surface area contributed by atoms with Gasteiger partial charge in [-0.25, -0.2) is 0 Å². The Morgan fingerprint density at radius 1 is 1.31 bits per heavy atom. The Hall–Kier alpha value is -0.340. The zero-order valence-corrected chi connectivity index (χ0v) is 11.5. The van der Waals surface area contributed by atoms with Crippen molar-refractivity contribution in [2.45, 2.75) is 45.1 Å². The van der Waals surface area contributed by atoms with Crippen LogP contribution in [-0.2, 0) is 12.8 Å². The van der Waals surface area contributed by atoms with Crippen LogP contribution in [0.3, 0.4) is 0 Å². The van der Waals surface area contributed by atoms with Crippen molar-refractivity contribution >= 4 is 15.9 Å². The lowest BCUT2D eigenvalue weighted by atomic mass is 9.94. The molecule has 16 heavy (non-hydrogen) atoms. The minimum absolute atomic E-state index is 0.695. The van der Waals surface area contributed by atoms with Gasteiger partial charge in [-0.1, -0.05) is 35.3 Å². The van der Waals surface area contributed by atoms with Crippen LogP contribution in [0.4, 0.5) is 0 Å². The fourth-order valence-electron chi connectivity index (χ4n) is 2.49. The number of nitrogens with one attached hydrogen (secondary N) is 1. The van der Waals surface area contributed by atoms with E-state index in [0.29, 0.717) is 6.04 Å². The SMILES string of the molecule is CCc1cc(Br)ccc1CC1CCCCN1. The van der Waals surface area contributed by atoms with Gasteiger partial charge in [-0.15, -0.1) is 0 Å². The first kappa shape index (κ1) is 12.1. The number of piperidine rings is 1. The lowest BCUT2D eigenvalue weighted by molar-refractivity contribution is 0.399. The first-order valence-corrected chi connectivity index (χ1v) is 7.09. The molecule has 0 radical (unpaired) electrons. The van der Waals surface area contributed by atoms with Gasteiger partial charge in [-0.2, -0.15) is 0 Å². The summed E-state index contributed by atoms with van der Waals surface area (Å²) in [4.78, 5) is 0. The molecular weight excluding hydrogens is 262 g/mol. The first-order chi connectivity index (χ1) is 7.79. The molecule has 1 fully saturated rings. The van der Waals surface area contributed by atoms with Gasteiger partial charge >= 0.3 is 0 Å². The van der Waals surface area contributed by atoms with Gasteiger partial charge in [-0.3, -0.25) is 0 Å². The Balaban J connectivity index is 2.07. The summed E-state index contributed by atoms with van der Waals surface area (Å²) in [5.74, 6) is 0. The maximum atomic E-state index is 3.62. The van der Waals surface area contributed by atoms with E-state index >= 15 is 0 Å². The van der Waals surface area contributed by atoms with Crippen molar-refractivity contribution < 1.29 is 0 Å². The zero-order chi connectivity index (χ0) is 11.4. The van der Waals surface area contributed by atoms with Gasteiger partial charge in [0.2, 0.25) is 0 Å². The number of hydrogen-bond donors (Lipinski definition) is 1. The van der Waals surface area contributed by atoms with Crippen LogP contribution in [0.25, 0.3) is 0 Å². The van der Waals surface area contributed by atoms with Crippen LogP contribution in [0.1, 0.15) is 37.3 Å². The van der Waals surface area contributed by atoms with Crippen LogP contribution in [0.15, 0.2) is 22.7 Å². The fourth-order valence-corrected chi connectivity index (χ4v) is 2.89. The summed E-state index contributed by atoms with van der Waals surface area (Å²) < 4.78 is 1.20. The summed E-state index contributed by atoms with van der Waals surface area (Å²) in [5, 5.41) is 3.62. The molecule has 1 saturated heterocycles. The molecule has 0 aromatic heterocycles. The molecule has 1 aliphatic heterocycles. The highest BCUT2D eigenvalue weighted by molar-refractivity contribution is 9.10. The van der Waals surface area contributed by atoms with E-state index < -0.39 is 0 Å². The van der Waals surface area contributed by atoms with Gasteiger partial charge < -0.3 is 5.32 Å². The lowest BCUT2D eigenvalue weighted by Gasteiger charge is -2.24. The van der Waals surface area contributed by atoms with Crippen molar-refractivity contribution in [2.24, 2.45) is 0 Å². The van der Waals surface area contributed by atoms with Crippen molar-refractivity contribution in [3.05, 3.63) is 33.8 Å². The van der Waals surface area contributed by atoms with E-state index in [1.807, 2.05) is 0 Å². The van der Waals surface area contributed by atoms with E-state index in [0.717, 1.165) is 6.42 Å². The molecule has 88 valence electrons. The molecule has 1 aromatic rings. The largest absolute Gasteiger partial charge is 0.314 e. The van der Waals surface area contributed by atoms with Gasteiger partial charge in [0, 0.05) is 10.5 Å². The molecule has 1 atom stereocenters. The second-order valence-corrected chi connectivity index (χ2v) is 5.53. The molecule has 1 heterocycles. The average molecular weight is 282 g/mol. The smallest absolute Gasteiger partial charge is 0.0178 e. The Morgan fingerprint density at radius 2 is 2.19 bits per heavy atom. The number of aryl methyl sites for hydroxylation is 1. The van der Waals surface area contributed by atoms with Crippen molar-refractivity contribution in [1.29, 1.82) is 0 Å². The number of halogens is 1. The van der Waals surface area contributed by atoms with E-state index in [-0.39, 0.29) is 0 Å². The third kappa shape index (κ3) is 3.08. The molecule has 0 bridgehead atoms. The molecule has 0 spiro atoms. The Morgan fingerprint density at radius 3 is 2.88 bits per heavy atom. The van der Waals surface area contributed by atoms with Crippen LogP contribution < -0.4 is 5.32 Å². The summed E-state index contributed by atoms with van der Waals surface area (Å²) in [5.41, 5.74) is 3.01. The predicted molar refractivity (Wildman–Crippen MR) is 72.9 cm³/mol. The number of rotatable bonds is 3. The summed E-state index contributed by atoms with van der Waals surface area (Å²) in [6.45, 7) is 3.43. The average Bonchev–Trinajstić information content (AvgIpc) is 2.33. The minimum atomic E-state index is 0.695. The molecular formula is C14H20BrN. The maximum Gasteiger partial charge on any atom is 0.0178 e. The summed E-state index contributed by atoms with van der Waals surface area (Å²) in [6, 6.07) is 7.40. The number of benzene rings is 1. The summed E-state index contributed by atoms with van der Waals surface area (Å²) in [6.07, 6.45) is 6.38. The molecule has 1 aromatic carbocycles. The van der Waals surface area contributed by atoms with E-state index in [1.54, 1.807) is 0 Å². The molecule has 2 rings (SSSR count). The highest BCUT2D eigenvalue weighted by atomic mass is 79.9. The normalized spacial score (nSPS) is 21.0. The number of hydrogen-bond acceptors (Lipinski definition) is 1. The molecule has 0 amide bonds. The van der Waals surface area contributed by atoms with Crippen molar-refractivity contribution in [3.8, 4) is 0 Å². The summed E-state index contributed by atoms with van der Waals surface area (Å²) >= 11 is 3.55. The Kier molecular flexibility index (Phi) is 4.42. The molecule has 1 nitrogen and oxygen atoms in total.